The Kier molecular flexibility index (Phi) is 4.11. The average Bonchev–Trinajstić information content (AvgIpc) is 2.48. The third-order valence-electron chi connectivity index (χ3n) is 4.55. The quantitative estimate of drug-likeness (QED) is 0.601. The van der Waals surface area contributed by atoms with E-state index in [1.165, 1.54) is 17.0 Å². The van der Waals surface area contributed by atoms with E-state index in [-0.39, 0.29) is 16.0 Å². The molecule has 9 heteroatoms. The minimum atomic E-state index is -3.78. The molecule has 0 spiro atoms. The van der Waals surface area contributed by atoms with Crippen LogP contribution in [0.25, 0.3) is 0 Å². The summed E-state index contributed by atoms with van der Waals surface area (Å²) in [6, 6.07) is 3.46. The van der Waals surface area contributed by atoms with Gasteiger partial charge in [-0.05, 0) is 18.1 Å². The van der Waals surface area contributed by atoms with Crippen LogP contribution >= 0.6 is 11.6 Å². The molecule has 1 atom stereocenters. The Morgan fingerprint density at radius 3 is 2.55 bits per heavy atom. The molecule has 0 radical (unpaired) electrons. The van der Waals surface area contributed by atoms with Gasteiger partial charge in [-0.15, -0.1) is 0 Å². The summed E-state index contributed by atoms with van der Waals surface area (Å²) in [6.45, 7) is 2.96. The largest absolute Gasteiger partial charge is 0.334 e. The van der Waals surface area contributed by atoms with E-state index in [9.17, 15) is 18.5 Å². The van der Waals surface area contributed by atoms with Gasteiger partial charge in [-0.2, -0.15) is 0 Å². The molecule has 7 nitrogen and oxygen atoms in total. The molecule has 4 rings (SSSR count). The molecule has 0 unspecified atom stereocenters. The van der Waals surface area contributed by atoms with Crippen molar-refractivity contribution in [2.45, 2.75) is 23.8 Å². The molecule has 3 aliphatic rings. The van der Waals surface area contributed by atoms with E-state index in [1.807, 2.05) is 0 Å². The minimum absolute atomic E-state index is 0.0729. The van der Waals surface area contributed by atoms with Gasteiger partial charge in [0.1, 0.15) is 5.02 Å². The van der Waals surface area contributed by atoms with Gasteiger partial charge < -0.3 is 4.90 Å². The third kappa shape index (κ3) is 2.96. The van der Waals surface area contributed by atoms with Crippen LogP contribution in [0, 0.1) is 16.0 Å². The number of rotatable bonds is 4. The highest BCUT2D eigenvalue weighted by Crippen LogP contribution is 2.28. The fourth-order valence-electron chi connectivity index (χ4n) is 3.34. The van der Waals surface area contributed by atoms with E-state index in [1.54, 1.807) is 0 Å². The van der Waals surface area contributed by atoms with Crippen LogP contribution in [-0.4, -0.2) is 39.0 Å². The molecular weight excluding hydrogens is 330 g/mol. The maximum Gasteiger partial charge on any atom is 0.289 e. The summed E-state index contributed by atoms with van der Waals surface area (Å²) < 4.78 is 27.7. The van der Waals surface area contributed by atoms with Gasteiger partial charge in [0.05, 0.1) is 35.5 Å². The molecule has 3 fully saturated rings. The molecule has 0 amide bonds. The second-order valence-electron chi connectivity index (χ2n) is 5.89. The number of hydrogen-bond donors (Lipinski definition) is 2. The normalized spacial score (nSPS) is 27.8. The third-order valence-corrected chi connectivity index (χ3v) is 6.35. The molecule has 0 aromatic heterocycles. The van der Waals surface area contributed by atoms with Gasteiger partial charge in [0.2, 0.25) is 10.0 Å². The molecule has 0 aliphatic carbocycles. The van der Waals surface area contributed by atoms with E-state index in [4.69, 9.17) is 11.6 Å². The monoisotopic (exact) mass is 346 g/mol. The van der Waals surface area contributed by atoms with Crippen molar-refractivity contribution >= 4 is 27.3 Å². The highest BCUT2D eigenvalue weighted by molar-refractivity contribution is 7.89. The summed E-state index contributed by atoms with van der Waals surface area (Å²) in [4.78, 5) is 11.5. The van der Waals surface area contributed by atoms with Crippen molar-refractivity contribution < 1.29 is 18.2 Å². The molecule has 0 saturated carbocycles. The van der Waals surface area contributed by atoms with Gasteiger partial charge >= 0.3 is 0 Å². The fraction of sp³-hybridized carbons (Fsp3) is 0.538. The number of nitro groups is 1. The van der Waals surface area contributed by atoms with Gasteiger partial charge in [0.15, 0.2) is 0 Å². The first-order chi connectivity index (χ1) is 10.4. The van der Waals surface area contributed by atoms with Gasteiger partial charge in [0.25, 0.3) is 5.69 Å². The van der Waals surface area contributed by atoms with Crippen LogP contribution < -0.4 is 9.62 Å². The number of nitrogens with one attached hydrogen (secondary N) is 2. The summed E-state index contributed by atoms with van der Waals surface area (Å²) in [5.41, 5.74) is -0.399. The van der Waals surface area contributed by atoms with Crippen LogP contribution in [0.3, 0.4) is 0 Å². The van der Waals surface area contributed by atoms with Crippen LogP contribution in [0.2, 0.25) is 5.02 Å². The Labute approximate surface area is 133 Å². The average molecular weight is 347 g/mol. The molecule has 22 heavy (non-hydrogen) atoms. The second kappa shape index (κ2) is 5.77. The Bertz CT molecular complexity index is 701. The molecule has 3 aliphatic heterocycles. The topological polar surface area (TPSA) is 93.8 Å². The molecule has 120 valence electrons. The maximum atomic E-state index is 12.5. The number of halogens is 1. The van der Waals surface area contributed by atoms with E-state index >= 15 is 0 Å². The Morgan fingerprint density at radius 2 is 2.00 bits per heavy atom. The van der Waals surface area contributed by atoms with E-state index in [0.717, 1.165) is 38.5 Å². The zero-order valence-electron chi connectivity index (χ0n) is 11.8. The molecule has 3 heterocycles. The summed E-state index contributed by atoms with van der Waals surface area (Å²) in [5.74, 6) is 0.356. The van der Waals surface area contributed by atoms with Crippen LogP contribution in [0.4, 0.5) is 5.69 Å². The molecular formula is C13H17ClN3O4S+. The Hall–Kier alpha value is -1.22. The first-order valence-corrected chi connectivity index (χ1v) is 9.03. The fourth-order valence-corrected chi connectivity index (χ4v) is 4.85. The van der Waals surface area contributed by atoms with Crippen molar-refractivity contribution in [3.8, 4) is 0 Å². The lowest BCUT2D eigenvalue weighted by Crippen LogP contribution is -3.17. The predicted octanol–water partition coefficient (Wildman–Crippen LogP) is 0.204. The number of quaternary nitrogens is 1. The van der Waals surface area contributed by atoms with Gasteiger partial charge in [0, 0.05) is 18.9 Å². The molecule has 2 N–H and O–H groups in total. The lowest BCUT2D eigenvalue weighted by Gasteiger charge is -2.41. The lowest BCUT2D eigenvalue weighted by molar-refractivity contribution is -0.917. The Balaban J connectivity index is 1.84. The SMILES string of the molecule is O=[N+]([O-])c1cc(S(=O)(=O)N[C@H]2C[NH+]3CCC2CC3)ccc1Cl. The van der Waals surface area contributed by atoms with Crippen molar-refractivity contribution in [1.29, 1.82) is 0 Å². The van der Waals surface area contributed by atoms with Crippen LogP contribution in [0.1, 0.15) is 12.8 Å². The Morgan fingerprint density at radius 1 is 1.32 bits per heavy atom. The number of nitrogens with zero attached hydrogens (tertiary/aromatic N) is 1. The first kappa shape index (κ1) is 15.7. The van der Waals surface area contributed by atoms with Crippen LogP contribution in [0.15, 0.2) is 23.1 Å². The number of nitro benzene ring substituents is 1. The van der Waals surface area contributed by atoms with Crippen LogP contribution in [-0.2, 0) is 10.0 Å². The lowest BCUT2D eigenvalue weighted by atomic mass is 9.85. The predicted molar refractivity (Wildman–Crippen MR) is 80.5 cm³/mol. The van der Waals surface area contributed by atoms with Gasteiger partial charge in [-0.3, -0.25) is 10.1 Å². The smallest absolute Gasteiger partial charge is 0.289 e. The zero-order chi connectivity index (χ0) is 15.9. The number of hydrogen-bond acceptors (Lipinski definition) is 4. The zero-order valence-corrected chi connectivity index (χ0v) is 13.4. The highest BCUT2D eigenvalue weighted by Gasteiger charge is 2.39. The number of piperidine rings is 3. The van der Waals surface area contributed by atoms with Crippen molar-refractivity contribution in [3.63, 3.8) is 0 Å². The summed E-state index contributed by atoms with van der Waals surface area (Å²) in [7, 11) is -3.78. The second-order valence-corrected chi connectivity index (χ2v) is 8.01. The number of fused-ring (bicyclic) bond motifs is 3. The van der Waals surface area contributed by atoms with Gasteiger partial charge in [-0.1, -0.05) is 11.6 Å². The van der Waals surface area contributed by atoms with Crippen molar-refractivity contribution in [2.24, 2.45) is 5.92 Å². The first-order valence-electron chi connectivity index (χ1n) is 7.16. The van der Waals surface area contributed by atoms with Crippen molar-refractivity contribution in [1.82, 2.24) is 4.72 Å². The molecule has 2 bridgehead atoms. The van der Waals surface area contributed by atoms with Crippen molar-refractivity contribution in [2.75, 3.05) is 19.6 Å². The number of sulfonamides is 1. The number of benzene rings is 1. The van der Waals surface area contributed by atoms with Gasteiger partial charge in [-0.25, -0.2) is 13.1 Å². The summed E-state index contributed by atoms with van der Waals surface area (Å²) in [6.07, 6.45) is 2.03. The molecule has 1 aromatic carbocycles. The summed E-state index contributed by atoms with van der Waals surface area (Å²) in [5, 5.41) is 10.8. The van der Waals surface area contributed by atoms with Crippen molar-refractivity contribution in [3.05, 3.63) is 33.3 Å². The standard InChI is InChI=1S/C13H16ClN3O4S/c14-11-2-1-10(7-13(11)17(18)19)22(20,21)15-12-8-16-5-3-9(12)4-6-16/h1-2,7,9,12,15H,3-6,8H2/p+1/t12-/m0/s1. The highest BCUT2D eigenvalue weighted by atomic mass is 35.5. The van der Waals surface area contributed by atoms with E-state index < -0.39 is 20.6 Å². The minimum Gasteiger partial charge on any atom is -0.334 e. The molecule has 3 saturated heterocycles. The van der Waals surface area contributed by atoms with Crippen LogP contribution in [0.5, 0.6) is 0 Å². The maximum absolute atomic E-state index is 12.5. The van der Waals surface area contributed by atoms with E-state index in [0.29, 0.717) is 5.92 Å². The molecule has 1 aromatic rings. The van der Waals surface area contributed by atoms with E-state index in [2.05, 4.69) is 4.72 Å². The summed E-state index contributed by atoms with van der Waals surface area (Å²) >= 11 is 5.72.